The maximum Gasteiger partial charge on any atom is 0.203 e. The zero-order chi connectivity index (χ0) is 23.4. The highest BCUT2D eigenvalue weighted by atomic mass is 16.5. The first kappa shape index (κ1) is 23.6. The SMILES string of the molecule is CCOc1cc(C2=CC3C(=C(OC)C[C@H]4CCCC[C@@H]34)C(OC)=C2)cc(OCC)c1OCC. The molecule has 0 aliphatic heterocycles. The van der Waals surface area contributed by atoms with Crippen LogP contribution in [0.25, 0.3) is 5.57 Å². The second kappa shape index (κ2) is 10.6. The van der Waals surface area contributed by atoms with E-state index in [-0.39, 0.29) is 0 Å². The van der Waals surface area contributed by atoms with Crippen LogP contribution in [-0.2, 0) is 9.47 Å². The van der Waals surface area contributed by atoms with Crippen molar-refractivity contribution in [3.63, 3.8) is 0 Å². The Morgan fingerprint density at radius 3 is 2.12 bits per heavy atom. The van der Waals surface area contributed by atoms with Crippen LogP contribution in [0.4, 0.5) is 0 Å². The van der Waals surface area contributed by atoms with Gasteiger partial charge in [-0.15, -0.1) is 0 Å². The van der Waals surface area contributed by atoms with Gasteiger partial charge in [-0.2, -0.15) is 0 Å². The van der Waals surface area contributed by atoms with Crippen molar-refractivity contribution in [3.05, 3.63) is 46.9 Å². The second-order valence-electron chi connectivity index (χ2n) is 8.91. The smallest absolute Gasteiger partial charge is 0.203 e. The molecule has 1 aromatic carbocycles. The lowest BCUT2D eigenvalue weighted by atomic mass is 9.63. The summed E-state index contributed by atoms with van der Waals surface area (Å²) in [6.07, 6.45) is 10.7. The Morgan fingerprint density at radius 1 is 0.848 bits per heavy atom. The minimum absolute atomic E-state index is 0.298. The molecule has 180 valence electrons. The maximum atomic E-state index is 5.97. The molecule has 0 radical (unpaired) electrons. The molecule has 5 nitrogen and oxygen atoms in total. The number of fused-ring (bicyclic) bond motifs is 3. The molecule has 0 aromatic heterocycles. The topological polar surface area (TPSA) is 46.2 Å². The monoisotopic (exact) mass is 454 g/mol. The van der Waals surface area contributed by atoms with Crippen molar-refractivity contribution >= 4 is 5.57 Å². The number of hydrogen-bond donors (Lipinski definition) is 0. The largest absolute Gasteiger partial charge is 0.501 e. The van der Waals surface area contributed by atoms with Crippen LogP contribution in [0.2, 0.25) is 0 Å². The van der Waals surface area contributed by atoms with E-state index >= 15 is 0 Å². The van der Waals surface area contributed by atoms with E-state index in [4.69, 9.17) is 23.7 Å². The molecule has 0 saturated heterocycles. The van der Waals surface area contributed by atoms with Crippen molar-refractivity contribution < 1.29 is 23.7 Å². The lowest BCUT2D eigenvalue weighted by Crippen LogP contribution is -2.34. The van der Waals surface area contributed by atoms with Gasteiger partial charge < -0.3 is 23.7 Å². The third-order valence-corrected chi connectivity index (χ3v) is 7.13. The van der Waals surface area contributed by atoms with Crippen LogP contribution in [0.15, 0.2) is 41.4 Å². The van der Waals surface area contributed by atoms with Crippen molar-refractivity contribution in [2.75, 3.05) is 34.0 Å². The third-order valence-electron chi connectivity index (χ3n) is 7.13. The van der Waals surface area contributed by atoms with E-state index in [1.807, 2.05) is 20.8 Å². The molecular weight excluding hydrogens is 416 g/mol. The fraction of sp³-hybridized carbons (Fsp3) is 0.571. The van der Waals surface area contributed by atoms with Crippen LogP contribution >= 0.6 is 0 Å². The van der Waals surface area contributed by atoms with Crippen LogP contribution < -0.4 is 14.2 Å². The van der Waals surface area contributed by atoms with Gasteiger partial charge >= 0.3 is 0 Å². The first-order chi connectivity index (χ1) is 16.1. The lowest BCUT2D eigenvalue weighted by Gasteiger charge is -2.43. The molecule has 3 atom stereocenters. The van der Waals surface area contributed by atoms with Gasteiger partial charge in [0.05, 0.1) is 34.0 Å². The van der Waals surface area contributed by atoms with E-state index < -0.39 is 0 Å². The van der Waals surface area contributed by atoms with E-state index in [0.29, 0.717) is 54.8 Å². The first-order valence-electron chi connectivity index (χ1n) is 12.5. The zero-order valence-electron chi connectivity index (χ0n) is 20.7. The molecule has 1 saturated carbocycles. The van der Waals surface area contributed by atoms with Crippen LogP contribution in [0.5, 0.6) is 17.2 Å². The van der Waals surface area contributed by atoms with E-state index in [2.05, 4.69) is 24.3 Å². The summed E-state index contributed by atoms with van der Waals surface area (Å²) in [6, 6.07) is 4.14. The number of methoxy groups -OCH3 is 2. The van der Waals surface area contributed by atoms with Crippen LogP contribution in [0.3, 0.4) is 0 Å². The standard InChI is InChI=1S/C28H38O5/c1-6-31-25-16-20(17-26(32-7-2)28(25)33-8-3)19-13-22-21-12-10-9-11-18(21)14-23(29-4)27(22)24(15-19)30-5/h13,15-18,21-22H,6-12,14H2,1-5H3/t18-,21-,22?/m1/s1. The number of ether oxygens (including phenoxy) is 5. The Labute approximate surface area is 198 Å². The van der Waals surface area contributed by atoms with Crippen LogP contribution in [0.1, 0.15) is 58.4 Å². The third kappa shape index (κ3) is 4.60. The molecule has 1 unspecified atom stereocenters. The first-order valence-corrected chi connectivity index (χ1v) is 12.5. The molecule has 1 aromatic rings. The molecule has 0 bridgehead atoms. The number of hydrogen-bond acceptors (Lipinski definition) is 5. The molecule has 1 fully saturated rings. The van der Waals surface area contributed by atoms with Gasteiger partial charge in [-0.05, 0) is 74.8 Å². The van der Waals surface area contributed by atoms with Gasteiger partial charge in [0.1, 0.15) is 11.5 Å². The highest BCUT2D eigenvalue weighted by molar-refractivity contribution is 5.80. The van der Waals surface area contributed by atoms with Crippen molar-refractivity contribution in [1.82, 2.24) is 0 Å². The van der Waals surface area contributed by atoms with Gasteiger partial charge in [-0.1, -0.05) is 18.9 Å². The van der Waals surface area contributed by atoms with Gasteiger partial charge in [0.15, 0.2) is 11.5 Å². The summed E-state index contributed by atoms with van der Waals surface area (Å²) in [4.78, 5) is 0. The average Bonchev–Trinajstić information content (AvgIpc) is 2.84. The average molecular weight is 455 g/mol. The number of rotatable bonds is 9. The van der Waals surface area contributed by atoms with Crippen LogP contribution in [0, 0.1) is 17.8 Å². The van der Waals surface area contributed by atoms with Gasteiger partial charge in [-0.25, -0.2) is 0 Å². The highest BCUT2D eigenvalue weighted by Crippen LogP contribution is 2.52. The van der Waals surface area contributed by atoms with E-state index in [9.17, 15) is 0 Å². The Hall–Kier alpha value is -2.56. The molecule has 4 rings (SSSR count). The van der Waals surface area contributed by atoms with Crippen molar-refractivity contribution in [3.8, 4) is 17.2 Å². The van der Waals surface area contributed by atoms with Gasteiger partial charge in [-0.3, -0.25) is 0 Å². The molecule has 0 spiro atoms. The van der Waals surface area contributed by atoms with Crippen molar-refractivity contribution in [2.45, 2.75) is 52.9 Å². The maximum absolute atomic E-state index is 5.97. The van der Waals surface area contributed by atoms with Gasteiger partial charge in [0, 0.05) is 17.9 Å². The van der Waals surface area contributed by atoms with E-state index in [1.54, 1.807) is 14.2 Å². The highest BCUT2D eigenvalue weighted by Gasteiger charge is 2.42. The summed E-state index contributed by atoms with van der Waals surface area (Å²) < 4.78 is 29.7. The predicted octanol–water partition coefficient (Wildman–Crippen LogP) is 6.54. The summed E-state index contributed by atoms with van der Waals surface area (Å²) in [5.74, 6) is 5.69. The molecule has 5 heteroatoms. The Bertz CT molecular complexity index is 915. The van der Waals surface area contributed by atoms with E-state index in [1.165, 1.54) is 31.3 Å². The fourth-order valence-corrected chi connectivity index (χ4v) is 5.78. The fourth-order valence-electron chi connectivity index (χ4n) is 5.78. The van der Waals surface area contributed by atoms with Gasteiger partial charge in [0.2, 0.25) is 5.75 Å². The Morgan fingerprint density at radius 2 is 1.52 bits per heavy atom. The second-order valence-corrected chi connectivity index (χ2v) is 8.91. The van der Waals surface area contributed by atoms with E-state index in [0.717, 1.165) is 29.1 Å². The predicted molar refractivity (Wildman–Crippen MR) is 131 cm³/mol. The lowest BCUT2D eigenvalue weighted by molar-refractivity contribution is 0.132. The van der Waals surface area contributed by atoms with Gasteiger partial charge in [0.25, 0.3) is 0 Å². The minimum Gasteiger partial charge on any atom is -0.501 e. The quantitative estimate of drug-likeness (QED) is 0.424. The molecule has 0 N–H and O–H groups in total. The Kier molecular flexibility index (Phi) is 7.56. The Balaban J connectivity index is 1.83. The summed E-state index contributed by atoms with van der Waals surface area (Å²) in [6.45, 7) is 7.62. The number of benzene rings is 1. The summed E-state index contributed by atoms with van der Waals surface area (Å²) in [5.41, 5.74) is 3.41. The number of allylic oxidation sites excluding steroid dienone is 5. The molecule has 3 aliphatic carbocycles. The summed E-state index contributed by atoms with van der Waals surface area (Å²) in [7, 11) is 3.55. The summed E-state index contributed by atoms with van der Waals surface area (Å²) >= 11 is 0. The van der Waals surface area contributed by atoms with Crippen LogP contribution in [-0.4, -0.2) is 34.0 Å². The minimum atomic E-state index is 0.298. The molecule has 0 heterocycles. The molecule has 33 heavy (non-hydrogen) atoms. The normalized spacial score (nSPS) is 24.2. The zero-order valence-corrected chi connectivity index (χ0v) is 20.7. The molecular formula is C28H38O5. The van der Waals surface area contributed by atoms with Crippen molar-refractivity contribution in [1.29, 1.82) is 0 Å². The molecule has 0 amide bonds. The molecule has 3 aliphatic rings. The van der Waals surface area contributed by atoms with Crippen molar-refractivity contribution in [2.24, 2.45) is 17.8 Å². The summed E-state index contributed by atoms with van der Waals surface area (Å²) in [5, 5.41) is 0.